The van der Waals surface area contributed by atoms with Crippen LogP contribution in [-0.4, -0.2) is 39.0 Å². The minimum atomic E-state index is -0.465. The first-order chi connectivity index (χ1) is 11.1. The summed E-state index contributed by atoms with van der Waals surface area (Å²) < 4.78 is 5.38. The van der Waals surface area contributed by atoms with Gasteiger partial charge in [-0.1, -0.05) is 36.3 Å². The van der Waals surface area contributed by atoms with Gasteiger partial charge < -0.3 is 9.63 Å². The quantitative estimate of drug-likeness (QED) is 0.877. The molecule has 0 fully saturated rings. The second-order valence-corrected chi connectivity index (χ2v) is 7.59. The zero-order chi connectivity index (χ0) is 16.4. The van der Waals surface area contributed by atoms with Crippen LogP contribution in [0.4, 0.5) is 0 Å². The Labute approximate surface area is 141 Å². The number of fused-ring (bicyclic) bond motifs is 1. The monoisotopic (exact) mass is 333 g/mol. The second-order valence-electron chi connectivity index (χ2n) is 5.97. The van der Waals surface area contributed by atoms with E-state index in [1.165, 1.54) is 5.56 Å². The number of rotatable bonds is 6. The summed E-state index contributed by atoms with van der Waals surface area (Å²) >= 11 is 1.80. The molecule has 1 aliphatic rings. The maximum absolute atomic E-state index is 10.5. The minimum absolute atomic E-state index is 0.0465. The van der Waals surface area contributed by atoms with E-state index in [1.807, 2.05) is 25.2 Å². The molecule has 0 radical (unpaired) electrons. The van der Waals surface area contributed by atoms with E-state index in [-0.39, 0.29) is 11.3 Å². The number of thioether (sulfide) groups is 1. The van der Waals surface area contributed by atoms with Crippen molar-refractivity contribution in [2.24, 2.45) is 0 Å². The highest BCUT2D eigenvalue weighted by atomic mass is 32.2. The number of aromatic nitrogens is 2. The Balaban J connectivity index is 1.65. The average molecular weight is 333 g/mol. The van der Waals surface area contributed by atoms with Crippen LogP contribution in [0.2, 0.25) is 0 Å². The van der Waals surface area contributed by atoms with Crippen molar-refractivity contribution in [3.8, 4) is 0 Å². The maximum Gasteiger partial charge on any atom is 0.240 e. The lowest BCUT2D eigenvalue weighted by Crippen LogP contribution is -2.34. The van der Waals surface area contributed by atoms with Crippen molar-refractivity contribution in [1.29, 1.82) is 0 Å². The predicted molar refractivity (Wildman–Crippen MR) is 91.2 cm³/mol. The van der Waals surface area contributed by atoms with Crippen molar-refractivity contribution in [2.45, 2.75) is 44.2 Å². The number of hydrogen-bond acceptors (Lipinski definition) is 6. The highest BCUT2D eigenvalue weighted by Gasteiger charge is 2.33. The van der Waals surface area contributed by atoms with E-state index >= 15 is 0 Å². The summed E-state index contributed by atoms with van der Waals surface area (Å²) in [5, 5.41) is 14.9. The van der Waals surface area contributed by atoms with Crippen LogP contribution in [0.15, 0.2) is 28.8 Å². The molecule has 0 amide bonds. The zero-order valence-electron chi connectivity index (χ0n) is 13.8. The van der Waals surface area contributed by atoms with Gasteiger partial charge >= 0.3 is 0 Å². The summed E-state index contributed by atoms with van der Waals surface area (Å²) in [6.45, 7) is 4.76. The topological polar surface area (TPSA) is 62.4 Å². The van der Waals surface area contributed by atoms with Crippen molar-refractivity contribution in [3.05, 3.63) is 47.1 Å². The maximum atomic E-state index is 10.5. The van der Waals surface area contributed by atoms with Crippen LogP contribution in [-0.2, 0) is 13.0 Å². The van der Waals surface area contributed by atoms with Crippen LogP contribution < -0.4 is 0 Å². The molecular weight excluding hydrogens is 310 g/mol. The third-order valence-electron chi connectivity index (χ3n) is 4.38. The summed E-state index contributed by atoms with van der Waals surface area (Å²) in [5.41, 5.74) is 2.25. The number of nitrogens with zero attached hydrogens (tertiary/aromatic N) is 3. The molecule has 1 heterocycles. The van der Waals surface area contributed by atoms with E-state index in [0.29, 0.717) is 12.4 Å². The molecule has 0 spiro atoms. The van der Waals surface area contributed by atoms with Gasteiger partial charge in [0.25, 0.3) is 0 Å². The van der Waals surface area contributed by atoms with Crippen LogP contribution in [0.3, 0.4) is 0 Å². The second kappa shape index (κ2) is 7.03. The molecule has 5 nitrogen and oxygen atoms in total. The van der Waals surface area contributed by atoms with Crippen molar-refractivity contribution in [1.82, 2.24) is 15.0 Å². The molecule has 0 aliphatic heterocycles. The van der Waals surface area contributed by atoms with Crippen molar-refractivity contribution >= 4 is 11.8 Å². The number of benzene rings is 1. The summed E-state index contributed by atoms with van der Waals surface area (Å²) in [4.78, 5) is 6.59. The van der Waals surface area contributed by atoms with Gasteiger partial charge in [-0.2, -0.15) is 16.7 Å². The highest BCUT2D eigenvalue weighted by molar-refractivity contribution is 7.99. The highest BCUT2D eigenvalue weighted by Crippen LogP contribution is 2.34. The van der Waals surface area contributed by atoms with E-state index in [1.54, 1.807) is 11.8 Å². The smallest absolute Gasteiger partial charge is 0.240 e. The Morgan fingerprint density at radius 2 is 2.22 bits per heavy atom. The molecule has 2 aromatic rings. The van der Waals surface area contributed by atoms with Gasteiger partial charge in [-0.25, -0.2) is 0 Å². The molecule has 3 atom stereocenters. The lowest BCUT2D eigenvalue weighted by Gasteiger charge is -2.25. The summed E-state index contributed by atoms with van der Waals surface area (Å²) in [6.07, 6.45) is 0.380. The molecule has 0 bridgehead atoms. The summed E-state index contributed by atoms with van der Waals surface area (Å²) in [7, 11) is 1.99. The van der Waals surface area contributed by atoms with Crippen LogP contribution in [0, 0.1) is 0 Å². The van der Waals surface area contributed by atoms with Gasteiger partial charge in [-0.3, -0.25) is 4.90 Å². The largest absolute Gasteiger partial charge is 0.387 e. The van der Waals surface area contributed by atoms with Gasteiger partial charge in [0.15, 0.2) is 5.82 Å². The van der Waals surface area contributed by atoms with Gasteiger partial charge in [0, 0.05) is 6.04 Å². The molecular formula is C17H23N3O2S. The Morgan fingerprint density at radius 1 is 1.43 bits per heavy atom. The molecule has 1 N–H and O–H groups in total. The first kappa shape index (κ1) is 16.5. The van der Waals surface area contributed by atoms with Crippen LogP contribution >= 0.6 is 11.8 Å². The zero-order valence-corrected chi connectivity index (χ0v) is 14.6. The van der Waals surface area contributed by atoms with E-state index in [0.717, 1.165) is 23.6 Å². The summed E-state index contributed by atoms with van der Waals surface area (Å²) in [6, 6.07) is 8.13. The Bertz CT molecular complexity index is 661. The van der Waals surface area contributed by atoms with E-state index in [2.05, 4.69) is 35.0 Å². The normalized spacial score (nSPS) is 21.6. The molecule has 0 unspecified atom stereocenters. The van der Waals surface area contributed by atoms with Crippen molar-refractivity contribution < 1.29 is 9.63 Å². The third-order valence-corrected chi connectivity index (χ3v) is 5.43. The fourth-order valence-electron chi connectivity index (χ4n) is 3.10. The molecule has 1 aromatic heterocycles. The van der Waals surface area contributed by atoms with Gasteiger partial charge in [0.2, 0.25) is 5.89 Å². The molecule has 0 saturated carbocycles. The van der Waals surface area contributed by atoms with Crippen molar-refractivity contribution in [3.63, 3.8) is 0 Å². The van der Waals surface area contributed by atoms with Gasteiger partial charge in [-0.05, 0) is 37.3 Å². The fraction of sp³-hybridized carbons (Fsp3) is 0.529. The van der Waals surface area contributed by atoms with Gasteiger partial charge in [0.1, 0.15) is 0 Å². The Kier molecular flexibility index (Phi) is 5.04. The number of aliphatic hydroxyl groups is 1. The SMILES string of the molecule is CCS[C@H](C)c1noc(CN(C)[C@@H]2Cc3ccccc3[C@@H]2O)n1. The van der Waals surface area contributed by atoms with Gasteiger partial charge in [0.05, 0.1) is 17.9 Å². The van der Waals surface area contributed by atoms with E-state index in [9.17, 15) is 5.11 Å². The average Bonchev–Trinajstić information content (AvgIpc) is 3.13. The summed E-state index contributed by atoms with van der Waals surface area (Å²) in [5.74, 6) is 2.38. The lowest BCUT2D eigenvalue weighted by molar-refractivity contribution is 0.0664. The van der Waals surface area contributed by atoms with Gasteiger partial charge in [-0.15, -0.1) is 0 Å². The van der Waals surface area contributed by atoms with Crippen LogP contribution in [0.1, 0.15) is 48.0 Å². The lowest BCUT2D eigenvalue weighted by atomic mass is 10.1. The van der Waals surface area contributed by atoms with Crippen LogP contribution in [0.25, 0.3) is 0 Å². The van der Waals surface area contributed by atoms with E-state index < -0.39 is 6.10 Å². The first-order valence-corrected chi connectivity index (χ1v) is 9.05. The fourth-order valence-corrected chi connectivity index (χ4v) is 3.85. The van der Waals surface area contributed by atoms with Crippen LogP contribution in [0.5, 0.6) is 0 Å². The predicted octanol–water partition coefficient (Wildman–Crippen LogP) is 2.97. The Hall–Kier alpha value is -1.37. The van der Waals surface area contributed by atoms with Crippen molar-refractivity contribution in [2.75, 3.05) is 12.8 Å². The molecule has 124 valence electrons. The molecule has 1 aromatic carbocycles. The molecule has 0 saturated heterocycles. The third kappa shape index (κ3) is 3.44. The molecule has 23 heavy (non-hydrogen) atoms. The minimum Gasteiger partial charge on any atom is -0.387 e. The Morgan fingerprint density at radius 3 is 2.96 bits per heavy atom. The number of likely N-dealkylation sites (N-methyl/N-ethyl adjacent to an activating group) is 1. The first-order valence-electron chi connectivity index (χ1n) is 8.00. The van der Waals surface area contributed by atoms with E-state index in [4.69, 9.17) is 4.52 Å². The molecule has 3 rings (SSSR count). The molecule has 1 aliphatic carbocycles. The number of hydrogen-bond donors (Lipinski definition) is 1. The standard InChI is InChI=1S/C17H23N3O2S/c1-4-23-11(2)17-18-15(22-19-17)10-20(3)14-9-12-7-5-6-8-13(12)16(14)21/h5-8,11,14,16,21H,4,9-10H2,1-3H3/t11-,14-,16+/m1/s1. The molecule has 6 heteroatoms. The number of aliphatic hydroxyl groups excluding tert-OH is 1.